The second-order valence-corrected chi connectivity index (χ2v) is 5.41. The molecule has 0 amide bonds. The molecule has 1 aromatic carbocycles. The Hall–Kier alpha value is -2.14. The highest BCUT2D eigenvalue weighted by atomic mass is 16.5. The molecule has 1 N–H and O–H groups in total. The Kier molecular flexibility index (Phi) is 5.33. The number of carbonyl (C=O) groups excluding carboxylic acids is 2. The zero-order valence-corrected chi connectivity index (χ0v) is 12.6. The Bertz CT molecular complexity index is 564. The molecular weight excluding hydrogens is 284 g/mol. The summed E-state index contributed by atoms with van der Waals surface area (Å²) >= 11 is 0. The van der Waals surface area contributed by atoms with Gasteiger partial charge in [0.2, 0.25) is 0 Å². The summed E-state index contributed by atoms with van der Waals surface area (Å²) in [6.45, 7) is 0. The van der Waals surface area contributed by atoms with Crippen molar-refractivity contribution in [3.63, 3.8) is 0 Å². The maximum absolute atomic E-state index is 11.9. The monoisotopic (exact) mass is 304 g/mol. The van der Waals surface area contributed by atoms with Gasteiger partial charge in [0, 0.05) is 0 Å². The second kappa shape index (κ2) is 7.22. The molecule has 1 unspecified atom stereocenters. The number of benzene rings is 1. The van der Waals surface area contributed by atoms with Gasteiger partial charge in [0.15, 0.2) is 0 Å². The molecule has 2 rings (SSSR count). The van der Waals surface area contributed by atoms with Gasteiger partial charge in [0.05, 0.1) is 31.0 Å². The smallest absolute Gasteiger partial charge is 0.342 e. The average Bonchev–Trinajstić information content (AvgIpc) is 2.54. The van der Waals surface area contributed by atoms with Crippen LogP contribution in [0.4, 0.5) is 0 Å². The van der Waals surface area contributed by atoms with Gasteiger partial charge in [-0.2, -0.15) is 0 Å². The summed E-state index contributed by atoms with van der Waals surface area (Å²) in [6, 6.07) is 8.62. The molecule has 5 nitrogen and oxygen atoms in total. The SMILES string of the molecule is COC(=O)CC1(O)CCCCC1=COC(=O)c1ccccc1. The minimum absolute atomic E-state index is 0.127. The highest BCUT2D eigenvalue weighted by Gasteiger charge is 2.37. The van der Waals surface area contributed by atoms with Crippen molar-refractivity contribution in [1.82, 2.24) is 0 Å². The summed E-state index contributed by atoms with van der Waals surface area (Å²) in [4.78, 5) is 23.4. The predicted octanol–water partition coefficient (Wildman–Crippen LogP) is 2.60. The number of hydrogen-bond acceptors (Lipinski definition) is 5. The van der Waals surface area contributed by atoms with Gasteiger partial charge in [-0.15, -0.1) is 0 Å². The van der Waals surface area contributed by atoms with Gasteiger partial charge in [-0.05, 0) is 43.4 Å². The van der Waals surface area contributed by atoms with Gasteiger partial charge in [0.1, 0.15) is 0 Å². The molecule has 0 spiro atoms. The van der Waals surface area contributed by atoms with E-state index in [0.717, 1.165) is 12.8 Å². The van der Waals surface area contributed by atoms with Crippen LogP contribution < -0.4 is 0 Å². The van der Waals surface area contributed by atoms with Crippen molar-refractivity contribution in [3.8, 4) is 0 Å². The fourth-order valence-electron chi connectivity index (χ4n) is 2.57. The van der Waals surface area contributed by atoms with E-state index >= 15 is 0 Å². The molecule has 0 bridgehead atoms. The number of ether oxygens (including phenoxy) is 2. The molecule has 5 heteroatoms. The molecule has 1 aliphatic rings. The number of aliphatic hydroxyl groups is 1. The van der Waals surface area contributed by atoms with Crippen LogP contribution in [0.25, 0.3) is 0 Å². The van der Waals surface area contributed by atoms with E-state index in [1.807, 2.05) is 6.07 Å². The summed E-state index contributed by atoms with van der Waals surface area (Å²) < 4.78 is 9.79. The standard InChI is InChI=1S/C17H20O5/c1-21-15(18)11-17(20)10-6-5-9-14(17)12-22-16(19)13-7-3-2-4-8-13/h2-4,7-8,12,20H,5-6,9-11H2,1H3. The molecule has 0 aliphatic heterocycles. The van der Waals surface area contributed by atoms with Crippen molar-refractivity contribution in [3.05, 3.63) is 47.7 Å². The van der Waals surface area contributed by atoms with Crippen LogP contribution in [0, 0.1) is 0 Å². The highest BCUT2D eigenvalue weighted by molar-refractivity contribution is 5.89. The first-order valence-electron chi connectivity index (χ1n) is 7.30. The largest absolute Gasteiger partial charge is 0.469 e. The summed E-state index contributed by atoms with van der Waals surface area (Å²) in [6.07, 6.45) is 3.91. The lowest BCUT2D eigenvalue weighted by molar-refractivity contribution is -0.145. The fraction of sp³-hybridized carbons (Fsp3) is 0.412. The summed E-state index contributed by atoms with van der Waals surface area (Å²) in [5.74, 6) is -0.969. The van der Waals surface area contributed by atoms with Crippen LogP contribution in [-0.2, 0) is 14.3 Å². The molecular formula is C17H20O5. The summed E-state index contributed by atoms with van der Waals surface area (Å²) in [5.41, 5.74) is -0.289. The van der Waals surface area contributed by atoms with E-state index in [9.17, 15) is 14.7 Å². The van der Waals surface area contributed by atoms with Crippen LogP contribution in [0.1, 0.15) is 42.5 Å². The molecule has 118 valence electrons. The Labute approximate surface area is 129 Å². The Morgan fingerprint density at radius 1 is 1.27 bits per heavy atom. The van der Waals surface area contributed by atoms with E-state index in [4.69, 9.17) is 4.74 Å². The number of esters is 2. The maximum Gasteiger partial charge on any atom is 0.342 e. The lowest BCUT2D eigenvalue weighted by atomic mass is 9.78. The molecule has 1 saturated carbocycles. The molecule has 0 aromatic heterocycles. The zero-order chi connectivity index (χ0) is 16.0. The van der Waals surface area contributed by atoms with Crippen molar-refractivity contribution >= 4 is 11.9 Å². The van der Waals surface area contributed by atoms with Gasteiger partial charge >= 0.3 is 11.9 Å². The third-order valence-corrected chi connectivity index (χ3v) is 3.87. The van der Waals surface area contributed by atoms with E-state index in [-0.39, 0.29) is 6.42 Å². The maximum atomic E-state index is 11.9. The third kappa shape index (κ3) is 3.95. The minimum atomic E-state index is -1.29. The average molecular weight is 304 g/mol. The normalized spacial score (nSPS) is 23.1. The van der Waals surface area contributed by atoms with Gasteiger partial charge in [-0.1, -0.05) is 18.2 Å². The predicted molar refractivity (Wildman–Crippen MR) is 80.0 cm³/mol. The lowest BCUT2D eigenvalue weighted by Crippen LogP contribution is -2.37. The Morgan fingerprint density at radius 2 is 2.00 bits per heavy atom. The first kappa shape index (κ1) is 16.2. The third-order valence-electron chi connectivity index (χ3n) is 3.87. The van der Waals surface area contributed by atoms with Crippen molar-refractivity contribution in [1.29, 1.82) is 0 Å². The van der Waals surface area contributed by atoms with Gasteiger partial charge in [-0.25, -0.2) is 4.79 Å². The van der Waals surface area contributed by atoms with Crippen LogP contribution in [0.3, 0.4) is 0 Å². The first-order valence-corrected chi connectivity index (χ1v) is 7.30. The minimum Gasteiger partial charge on any atom is -0.469 e. The zero-order valence-electron chi connectivity index (χ0n) is 12.6. The summed E-state index contributed by atoms with van der Waals surface area (Å²) in [5, 5.41) is 10.7. The number of methoxy groups -OCH3 is 1. The van der Waals surface area contributed by atoms with E-state index in [2.05, 4.69) is 4.74 Å². The molecule has 0 saturated heterocycles. The van der Waals surface area contributed by atoms with Crippen LogP contribution in [0.2, 0.25) is 0 Å². The quantitative estimate of drug-likeness (QED) is 0.683. The summed E-state index contributed by atoms with van der Waals surface area (Å²) in [7, 11) is 1.29. The van der Waals surface area contributed by atoms with E-state index in [1.54, 1.807) is 24.3 Å². The Balaban J connectivity index is 2.10. The van der Waals surface area contributed by atoms with Crippen LogP contribution in [0.5, 0.6) is 0 Å². The van der Waals surface area contributed by atoms with Crippen LogP contribution in [-0.4, -0.2) is 29.8 Å². The van der Waals surface area contributed by atoms with Gasteiger partial charge in [0.25, 0.3) is 0 Å². The van der Waals surface area contributed by atoms with E-state index in [1.165, 1.54) is 13.4 Å². The topological polar surface area (TPSA) is 72.8 Å². The molecule has 1 atom stereocenters. The molecule has 1 aliphatic carbocycles. The number of rotatable bonds is 4. The van der Waals surface area contributed by atoms with Crippen molar-refractivity contribution in [2.75, 3.05) is 7.11 Å². The molecule has 0 radical (unpaired) electrons. The van der Waals surface area contributed by atoms with E-state index < -0.39 is 17.5 Å². The Morgan fingerprint density at radius 3 is 2.68 bits per heavy atom. The second-order valence-electron chi connectivity index (χ2n) is 5.41. The van der Waals surface area contributed by atoms with Crippen molar-refractivity contribution < 1.29 is 24.2 Å². The van der Waals surface area contributed by atoms with Crippen LogP contribution in [0.15, 0.2) is 42.2 Å². The van der Waals surface area contributed by atoms with Crippen LogP contribution >= 0.6 is 0 Å². The van der Waals surface area contributed by atoms with Crippen molar-refractivity contribution in [2.24, 2.45) is 0 Å². The van der Waals surface area contributed by atoms with Gasteiger partial charge in [-0.3, -0.25) is 4.79 Å². The lowest BCUT2D eigenvalue weighted by Gasteiger charge is -2.33. The highest BCUT2D eigenvalue weighted by Crippen LogP contribution is 2.36. The molecule has 0 heterocycles. The first-order chi connectivity index (χ1) is 10.5. The molecule has 1 fully saturated rings. The number of hydrogen-bond donors (Lipinski definition) is 1. The van der Waals surface area contributed by atoms with Crippen molar-refractivity contribution in [2.45, 2.75) is 37.7 Å². The number of carbonyl (C=O) groups is 2. The molecule has 22 heavy (non-hydrogen) atoms. The fourth-order valence-corrected chi connectivity index (χ4v) is 2.57. The van der Waals surface area contributed by atoms with Gasteiger partial charge < -0.3 is 14.6 Å². The van der Waals surface area contributed by atoms with E-state index in [0.29, 0.717) is 24.0 Å². The molecule has 1 aromatic rings.